The molecule has 1 rings (SSSR count). The van der Waals surface area contributed by atoms with E-state index in [0.717, 1.165) is 0 Å². The largest absolute Gasteiger partial charge is 0.504 e. The van der Waals surface area contributed by atoms with E-state index < -0.39 is 5.91 Å². The molecule has 0 spiro atoms. The molecule has 0 aromatic heterocycles. The standard InChI is InChI=1S/C12H18N2O3/c1-8(7-14(2)3)13-12(17)9-5-4-6-10(15)11(9)16/h4-6,8,15-16H,7H2,1-3H3,(H,13,17). The van der Waals surface area contributed by atoms with Gasteiger partial charge in [-0.3, -0.25) is 4.79 Å². The molecule has 3 N–H and O–H groups in total. The molecule has 1 aromatic rings. The summed E-state index contributed by atoms with van der Waals surface area (Å²) in [5.41, 5.74) is 0.0793. The van der Waals surface area contributed by atoms with Gasteiger partial charge >= 0.3 is 0 Å². The number of amides is 1. The second-order valence-electron chi connectivity index (χ2n) is 4.31. The Morgan fingerprint density at radius 3 is 2.65 bits per heavy atom. The first-order valence-corrected chi connectivity index (χ1v) is 5.38. The van der Waals surface area contributed by atoms with Crippen LogP contribution < -0.4 is 5.32 Å². The highest BCUT2D eigenvalue weighted by atomic mass is 16.3. The normalized spacial score (nSPS) is 12.5. The van der Waals surface area contributed by atoms with Crippen molar-refractivity contribution in [2.24, 2.45) is 0 Å². The van der Waals surface area contributed by atoms with E-state index in [1.54, 1.807) is 0 Å². The van der Waals surface area contributed by atoms with Crippen molar-refractivity contribution >= 4 is 5.91 Å². The summed E-state index contributed by atoms with van der Waals surface area (Å²) < 4.78 is 0. The van der Waals surface area contributed by atoms with E-state index in [4.69, 9.17) is 0 Å². The van der Waals surface area contributed by atoms with Crippen LogP contribution in [0, 0.1) is 0 Å². The summed E-state index contributed by atoms with van der Waals surface area (Å²) in [6, 6.07) is 4.27. The molecule has 1 unspecified atom stereocenters. The van der Waals surface area contributed by atoms with Crippen molar-refractivity contribution < 1.29 is 15.0 Å². The summed E-state index contributed by atoms with van der Waals surface area (Å²) in [5, 5.41) is 21.6. The average Bonchev–Trinajstić information content (AvgIpc) is 2.20. The molecule has 1 atom stereocenters. The van der Waals surface area contributed by atoms with Crippen LogP contribution >= 0.6 is 0 Å². The van der Waals surface area contributed by atoms with Crippen molar-refractivity contribution in [3.8, 4) is 11.5 Å². The van der Waals surface area contributed by atoms with Crippen LogP contribution in [0.2, 0.25) is 0 Å². The first kappa shape index (κ1) is 13.3. The summed E-state index contributed by atoms with van der Waals surface area (Å²) in [4.78, 5) is 13.8. The van der Waals surface area contributed by atoms with Crippen molar-refractivity contribution in [2.45, 2.75) is 13.0 Å². The molecule has 0 aliphatic carbocycles. The minimum atomic E-state index is -0.396. The van der Waals surface area contributed by atoms with Crippen LogP contribution in [0.5, 0.6) is 11.5 Å². The molecule has 0 aliphatic rings. The maximum absolute atomic E-state index is 11.8. The van der Waals surface area contributed by atoms with Gasteiger partial charge in [0.05, 0.1) is 5.56 Å². The van der Waals surface area contributed by atoms with Crippen molar-refractivity contribution in [3.63, 3.8) is 0 Å². The summed E-state index contributed by atoms with van der Waals surface area (Å²) in [6.45, 7) is 2.57. The number of hydrogen-bond acceptors (Lipinski definition) is 4. The van der Waals surface area contributed by atoms with Gasteiger partial charge in [-0.1, -0.05) is 6.07 Å². The third-order valence-corrected chi connectivity index (χ3v) is 2.28. The topological polar surface area (TPSA) is 72.8 Å². The van der Waals surface area contributed by atoms with Gasteiger partial charge in [-0.25, -0.2) is 0 Å². The first-order valence-electron chi connectivity index (χ1n) is 5.38. The number of nitrogens with zero attached hydrogens (tertiary/aromatic N) is 1. The van der Waals surface area contributed by atoms with E-state index in [1.807, 2.05) is 25.9 Å². The molecule has 0 radical (unpaired) electrons. The number of nitrogens with one attached hydrogen (secondary N) is 1. The Labute approximate surface area is 101 Å². The number of para-hydroxylation sites is 1. The molecule has 0 saturated heterocycles. The number of rotatable bonds is 4. The van der Waals surface area contributed by atoms with Gasteiger partial charge in [0.15, 0.2) is 11.5 Å². The Balaban J connectivity index is 2.73. The molecular weight excluding hydrogens is 220 g/mol. The number of benzene rings is 1. The summed E-state index contributed by atoms with van der Waals surface area (Å²) in [6.07, 6.45) is 0. The lowest BCUT2D eigenvalue weighted by Crippen LogP contribution is -2.39. The van der Waals surface area contributed by atoms with Crippen LogP contribution in [-0.2, 0) is 0 Å². The third kappa shape index (κ3) is 3.64. The number of phenols is 2. The zero-order chi connectivity index (χ0) is 13.0. The van der Waals surface area contributed by atoms with E-state index in [0.29, 0.717) is 6.54 Å². The first-order chi connectivity index (χ1) is 7.91. The lowest BCUT2D eigenvalue weighted by atomic mass is 10.1. The van der Waals surface area contributed by atoms with Gasteiger partial charge < -0.3 is 20.4 Å². The van der Waals surface area contributed by atoms with Crippen molar-refractivity contribution in [1.82, 2.24) is 10.2 Å². The van der Waals surface area contributed by atoms with Gasteiger partial charge in [0.25, 0.3) is 5.91 Å². The number of carbonyl (C=O) groups is 1. The highest BCUT2D eigenvalue weighted by molar-refractivity contribution is 5.97. The zero-order valence-electron chi connectivity index (χ0n) is 10.3. The highest BCUT2D eigenvalue weighted by Gasteiger charge is 2.15. The number of phenolic OH excluding ortho intramolecular Hbond substituents is 2. The van der Waals surface area contributed by atoms with Gasteiger partial charge in [-0.2, -0.15) is 0 Å². The Kier molecular flexibility index (Phi) is 4.34. The van der Waals surface area contributed by atoms with Crippen LogP contribution in [-0.4, -0.2) is 47.7 Å². The van der Waals surface area contributed by atoms with Crippen molar-refractivity contribution in [3.05, 3.63) is 23.8 Å². The average molecular weight is 238 g/mol. The quantitative estimate of drug-likeness (QED) is 0.678. The van der Waals surface area contributed by atoms with Gasteiger partial charge in [0, 0.05) is 12.6 Å². The summed E-state index contributed by atoms with van der Waals surface area (Å²) in [5.74, 6) is -1.08. The van der Waals surface area contributed by atoms with Gasteiger partial charge in [0.2, 0.25) is 0 Å². The molecule has 5 nitrogen and oxygen atoms in total. The Bertz CT molecular complexity index is 405. The van der Waals surface area contributed by atoms with Crippen molar-refractivity contribution in [1.29, 1.82) is 0 Å². The SMILES string of the molecule is CC(CN(C)C)NC(=O)c1cccc(O)c1O. The molecule has 1 aromatic carbocycles. The number of hydrogen-bond donors (Lipinski definition) is 3. The molecule has 1 amide bonds. The van der Waals surface area contributed by atoms with E-state index in [2.05, 4.69) is 5.32 Å². The Morgan fingerprint density at radius 2 is 2.06 bits per heavy atom. The predicted octanol–water partition coefficient (Wildman–Crippen LogP) is 0.778. The second-order valence-corrected chi connectivity index (χ2v) is 4.31. The van der Waals surface area contributed by atoms with Crippen LogP contribution in [0.3, 0.4) is 0 Å². The fourth-order valence-corrected chi connectivity index (χ4v) is 1.61. The number of carbonyl (C=O) groups excluding carboxylic acids is 1. The van der Waals surface area contributed by atoms with E-state index in [1.165, 1.54) is 18.2 Å². The lowest BCUT2D eigenvalue weighted by Gasteiger charge is -2.18. The fraction of sp³-hybridized carbons (Fsp3) is 0.417. The minimum absolute atomic E-state index is 0.0424. The van der Waals surface area contributed by atoms with Crippen LogP contribution in [0.1, 0.15) is 17.3 Å². The molecule has 0 fully saturated rings. The summed E-state index contributed by atoms with van der Waals surface area (Å²) in [7, 11) is 3.82. The second kappa shape index (κ2) is 5.54. The molecule has 17 heavy (non-hydrogen) atoms. The molecule has 0 heterocycles. The molecule has 5 heteroatoms. The maximum atomic E-state index is 11.8. The van der Waals surface area contributed by atoms with E-state index in [9.17, 15) is 15.0 Å². The van der Waals surface area contributed by atoms with Gasteiger partial charge in [-0.05, 0) is 33.2 Å². The Hall–Kier alpha value is -1.75. The number of aromatic hydroxyl groups is 2. The number of likely N-dealkylation sites (N-methyl/N-ethyl adjacent to an activating group) is 1. The van der Waals surface area contributed by atoms with Gasteiger partial charge in [0.1, 0.15) is 0 Å². The zero-order valence-corrected chi connectivity index (χ0v) is 10.3. The van der Waals surface area contributed by atoms with Crippen molar-refractivity contribution in [2.75, 3.05) is 20.6 Å². The predicted molar refractivity (Wildman–Crippen MR) is 65.3 cm³/mol. The lowest BCUT2D eigenvalue weighted by molar-refractivity contribution is 0.0931. The highest BCUT2D eigenvalue weighted by Crippen LogP contribution is 2.27. The van der Waals surface area contributed by atoms with E-state index >= 15 is 0 Å². The molecule has 0 saturated carbocycles. The monoisotopic (exact) mass is 238 g/mol. The van der Waals surface area contributed by atoms with Crippen LogP contribution in [0.15, 0.2) is 18.2 Å². The molecule has 94 valence electrons. The van der Waals surface area contributed by atoms with Crippen LogP contribution in [0.4, 0.5) is 0 Å². The molecular formula is C12H18N2O3. The fourth-order valence-electron chi connectivity index (χ4n) is 1.61. The molecule has 0 bridgehead atoms. The van der Waals surface area contributed by atoms with E-state index in [-0.39, 0.29) is 23.1 Å². The third-order valence-electron chi connectivity index (χ3n) is 2.28. The van der Waals surface area contributed by atoms with Crippen LogP contribution in [0.25, 0.3) is 0 Å². The Morgan fingerprint density at radius 1 is 1.41 bits per heavy atom. The summed E-state index contributed by atoms with van der Waals surface area (Å²) >= 11 is 0. The minimum Gasteiger partial charge on any atom is -0.504 e. The van der Waals surface area contributed by atoms with Gasteiger partial charge in [-0.15, -0.1) is 0 Å². The molecule has 0 aliphatic heterocycles. The maximum Gasteiger partial charge on any atom is 0.255 e. The smallest absolute Gasteiger partial charge is 0.255 e.